The van der Waals surface area contributed by atoms with Gasteiger partial charge in [-0.3, -0.25) is 0 Å². The molecule has 5 nitrogen and oxygen atoms in total. The molecule has 2 aromatic carbocycles. The fourth-order valence-electron chi connectivity index (χ4n) is 3.67. The highest BCUT2D eigenvalue weighted by Gasteiger charge is 2.29. The van der Waals surface area contributed by atoms with Gasteiger partial charge in [0, 0.05) is 12.3 Å². The maximum atomic E-state index is 12.3. The van der Waals surface area contributed by atoms with Gasteiger partial charge in [0.25, 0.3) is 0 Å². The topological polar surface area (TPSA) is 75.6 Å². The monoisotopic (exact) mass is 471 g/mol. The summed E-state index contributed by atoms with van der Waals surface area (Å²) in [5.74, 6) is -1.16. The third-order valence-electron chi connectivity index (χ3n) is 5.00. The number of nitrogens with one attached hydrogen (secondary N) is 1. The molecule has 7 heteroatoms. The largest absolute Gasteiger partial charge is 0.480 e. The van der Waals surface area contributed by atoms with E-state index in [4.69, 9.17) is 4.74 Å². The van der Waals surface area contributed by atoms with E-state index in [1.807, 2.05) is 47.8 Å². The highest BCUT2D eigenvalue weighted by atomic mass is 79.9. The van der Waals surface area contributed by atoms with Crippen molar-refractivity contribution in [2.45, 2.75) is 18.4 Å². The van der Waals surface area contributed by atoms with E-state index in [-0.39, 0.29) is 18.9 Å². The van der Waals surface area contributed by atoms with E-state index in [9.17, 15) is 14.7 Å². The van der Waals surface area contributed by atoms with E-state index in [2.05, 4.69) is 33.4 Å². The summed E-state index contributed by atoms with van der Waals surface area (Å²) in [6.45, 7) is 0.149. The van der Waals surface area contributed by atoms with Crippen LogP contribution >= 0.6 is 27.3 Å². The van der Waals surface area contributed by atoms with Gasteiger partial charge in [0.05, 0.1) is 3.79 Å². The second-order valence-corrected chi connectivity index (χ2v) is 9.11. The van der Waals surface area contributed by atoms with Gasteiger partial charge in [-0.1, -0.05) is 48.5 Å². The first-order chi connectivity index (χ1) is 14.0. The number of thiophene rings is 1. The van der Waals surface area contributed by atoms with E-state index in [0.29, 0.717) is 0 Å². The van der Waals surface area contributed by atoms with Crippen LogP contribution in [0.5, 0.6) is 0 Å². The Balaban J connectivity index is 1.43. The third kappa shape index (κ3) is 4.21. The number of hydrogen-bond donors (Lipinski definition) is 2. The van der Waals surface area contributed by atoms with Crippen LogP contribution in [-0.4, -0.2) is 29.8 Å². The molecule has 1 atom stereocenters. The number of benzene rings is 2. The Kier molecular flexibility index (Phi) is 5.69. The number of rotatable bonds is 6. The van der Waals surface area contributed by atoms with Crippen LogP contribution in [-0.2, 0) is 16.0 Å². The Labute approximate surface area is 180 Å². The molecule has 1 aromatic heterocycles. The summed E-state index contributed by atoms with van der Waals surface area (Å²) in [7, 11) is 0. The summed E-state index contributed by atoms with van der Waals surface area (Å²) in [5, 5.41) is 13.8. The normalized spacial score (nSPS) is 13.4. The lowest BCUT2D eigenvalue weighted by Gasteiger charge is -2.17. The van der Waals surface area contributed by atoms with Crippen molar-refractivity contribution in [2.24, 2.45) is 0 Å². The number of alkyl carbamates (subject to hydrolysis) is 1. The van der Waals surface area contributed by atoms with Crippen molar-refractivity contribution in [3.05, 3.63) is 80.5 Å². The Bertz CT molecular complexity index is 1020. The average molecular weight is 472 g/mol. The molecule has 4 rings (SSSR count). The van der Waals surface area contributed by atoms with Crippen molar-refractivity contribution in [3.63, 3.8) is 0 Å². The van der Waals surface area contributed by atoms with Crippen LogP contribution in [0.15, 0.2) is 63.8 Å². The Morgan fingerprint density at radius 2 is 1.72 bits per heavy atom. The molecule has 0 spiro atoms. The van der Waals surface area contributed by atoms with E-state index in [1.54, 1.807) is 0 Å². The number of carbonyl (C=O) groups is 2. The second kappa shape index (κ2) is 8.39. The molecule has 0 aliphatic heterocycles. The quantitative estimate of drug-likeness (QED) is 0.527. The molecule has 2 N–H and O–H groups in total. The number of halogens is 1. The van der Waals surface area contributed by atoms with Crippen molar-refractivity contribution in [2.75, 3.05) is 6.61 Å². The smallest absolute Gasteiger partial charge is 0.407 e. The molecule has 1 aliphatic carbocycles. The van der Waals surface area contributed by atoms with Crippen LogP contribution in [0.1, 0.15) is 22.6 Å². The zero-order chi connectivity index (χ0) is 20.4. The number of fused-ring (bicyclic) bond motifs is 3. The second-order valence-electron chi connectivity index (χ2n) is 6.82. The van der Waals surface area contributed by atoms with E-state index in [0.717, 1.165) is 31.6 Å². The van der Waals surface area contributed by atoms with Gasteiger partial charge in [-0.15, -0.1) is 11.3 Å². The molecule has 0 bridgehead atoms. The highest BCUT2D eigenvalue weighted by molar-refractivity contribution is 9.11. The molecule has 1 amide bonds. The first-order valence-corrected chi connectivity index (χ1v) is 10.8. The summed E-state index contributed by atoms with van der Waals surface area (Å²) in [5.41, 5.74) is 5.35. The number of hydrogen-bond acceptors (Lipinski definition) is 4. The van der Waals surface area contributed by atoms with Crippen molar-refractivity contribution >= 4 is 39.3 Å². The lowest BCUT2D eigenvalue weighted by molar-refractivity contribution is -0.139. The first-order valence-electron chi connectivity index (χ1n) is 9.10. The minimum atomic E-state index is -1.10. The number of carbonyl (C=O) groups excluding carboxylic acids is 1. The molecule has 0 fully saturated rings. The fourth-order valence-corrected chi connectivity index (χ4v) is 4.89. The van der Waals surface area contributed by atoms with E-state index < -0.39 is 18.1 Å². The SMILES string of the molecule is O=C(NC(Cc1csc(Br)c1)C(=O)O)OCC1c2ccccc2-c2ccccc21. The standard InChI is InChI=1S/C22H18BrNO4S/c23-20-10-13(12-29-20)9-19(21(25)26)24-22(27)28-11-18-16-7-3-1-5-14(16)15-6-2-4-8-17(15)18/h1-8,10,12,18-19H,9,11H2,(H,24,27)(H,25,26). The molecule has 0 saturated heterocycles. The molecule has 29 heavy (non-hydrogen) atoms. The van der Waals surface area contributed by atoms with Gasteiger partial charge in [0.15, 0.2) is 0 Å². The predicted octanol–water partition coefficient (Wildman–Crippen LogP) is 5.05. The van der Waals surface area contributed by atoms with Gasteiger partial charge >= 0.3 is 12.1 Å². The van der Waals surface area contributed by atoms with Gasteiger partial charge in [-0.05, 0) is 55.2 Å². The summed E-state index contributed by atoms with van der Waals surface area (Å²) in [6.07, 6.45) is -0.532. The molecule has 0 saturated carbocycles. The Hall–Kier alpha value is -2.64. The van der Waals surface area contributed by atoms with Crippen molar-refractivity contribution < 1.29 is 19.4 Å². The molecule has 1 heterocycles. The Morgan fingerprint density at radius 3 is 2.28 bits per heavy atom. The number of carboxylic acid groups (broad SMARTS) is 1. The molecule has 3 aromatic rings. The number of aliphatic carboxylic acids is 1. The molecule has 0 radical (unpaired) electrons. The Morgan fingerprint density at radius 1 is 1.10 bits per heavy atom. The van der Waals surface area contributed by atoms with Crippen LogP contribution in [0.25, 0.3) is 11.1 Å². The lowest BCUT2D eigenvalue weighted by atomic mass is 9.98. The zero-order valence-corrected chi connectivity index (χ0v) is 17.7. The van der Waals surface area contributed by atoms with Crippen LogP contribution in [0.2, 0.25) is 0 Å². The van der Waals surface area contributed by atoms with Crippen molar-refractivity contribution in [1.82, 2.24) is 5.32 Å². The predicted molar refractivity (Wildman–Crippen MR) is 115 cm³/mol. The average Bonchev–Trinajstić information content (AvgIpc) is 3.27. The number of ether oxygens (including phenoxy) is 1. The number of carboxylic acids is 1. The lowest BCUT2D eigenvalue weighted by Crippen LogP contribution is -2.42. The molecule has 1 unspecified atom stereocenters. The highest BCUT2D eigenvalue weighted by Crippen LogP contribution is 2.44. The van der Waals surface area contributed by atoms with E-state index in [1.165, 1.54) is 11.3 Å². The maximum Gasteiger partial charge on any atom is 0.407 e. The summed E-state index contributed by atoms with van der Waals surface area (Å²) in [6, 6.07) is 16.9. The minimum Gasteiger partial charge on any atom is -0.480 e. The zero-order valence-electron chi connectivity index (χ0n) is 15.3. The van der Waals surface area contributed by atoms with Crippen LogP contribution < -0.4 is 5.32 Å². The number of amides is 1. The van der Waals surface area contributed by atoms with Gasteiger partial charge in [-0.2, -0.15) is 0 Å². The van der Waals surface area contributed by atoms with Gasteiger partial charge in [0.1, 0.15) is 12.6 Å². The summed E-state index contributed by atoms with van der Waals surface area (Å²) >= 11 is 4.83. The fraction of sp³-hybridized carbons (Fsp3) is 0.182. The molecular formula is C22H18BrNO4S. The third-order valence-corrected chi connectivity index (χ3v) is 6.55. The molecule has 148 valence electrons. The van der Waals surface area contributed by atoms with Crippen LogP contribution in [0.4, 0.5) is 4.79 Å². The van der Waals surface area contributed by atoms with Gasteiger partial charge < -0.3 is 15.2 Å². The van der Waals surface area contributed by atoms with Crippen LogP contribution in [0, 0.1) is 0 Å². The summed E-state index contributed by atoms with van der Waals surface area (Å²) < 4.78 is 6.36. The first kappa shape index (κ1) is 19.7. The van der Waals surface area contributed by atoms with Crippen molar-refractivity contribution in [1.29, 1.82) is 0 Å². The summed E-state index contributed by atoms with van der Waals surface area (Å²) in [4.78, 5) is 23.9. The maximum absolute atomic E-state index is 12.3. The molecule has 1 aliphatic rings. The van der Waals surface area contributed by atoms with Gasteiger partial charge in [0.2, 0.25) is 0 Å². The molecular weight excluding hydrogens is 454 g/mol. The van der Waals surface area contributed by atoms with Gasteiger partial charge in [-0.25, -0.2) is 9.59 Å². The van der Waals surface area contributed by atoms with Crippen LogP contribution in [0.3, 0.4) is 0 Å². The van der Waals surface area contributed by atoms with E-state index >= 15 is 0 Å². The minimum absolute atomic E-state index is 0.0655. The van der Waals surface area contributed by atoms with Crippen molar-refractivity contribution in [3.8, 4) is 11.1 Å².